The van der Waals surface area contributed by atoms with Crippen molar-refractivity contribution in [3.05, 3.63) is 77.2 Å². The highest BCUT2D eigenvalue weighted by Crippen LogP contribution is 2.35. The third-order valence-electron chi connectivity index (χ3n) is 4.91. The van der Waals surface area contributed by atoms with Crippen LogP contribution >= 0.6 is 19.2 Å². The van der Waals surface area contributed by atoms with Gasteiger partial charge in [-0.25, -0.2) is 4.57 Å². The summed E-state index contributed by atoms with van der Waals surface area (Å²) in [6.07, 6.45) is 4.39. The zero-order valence-corrected chi connectivity index (χ0v) is 19.7. The lowest BCUT2D eigenvalue weighted by molar-refractivity contribution is 0.197. The van der Waals surface area contributed by atoms with Gasteiger partial charge in [-0.1, -0.05) is 42.5 Å². The molecule has 1 heterocycles. The zero-order valence-electron chi connectivity index (χ0n) is 18.0. The van der Waals surface area contributed by atoms with Crippen molar-refractivity contribution in [2.75, 3.05) is 19.8 Å². The first-order valence-corrected chi connectivity index (χ1v) is 13.2. The third kappa shape index (κ3) is 8.87. The molecular weight excluding hydrogens is 445 g/mol. The summed E-state index contributed by atoms with van der Waals surface area (Å²) in [6, 6.07) is 20.8. The highest BCUT2D eigenvalue weighted by molar-refractivity contribution is 7.46. The quantitative estimate of drug-likeness (QED) is 0.214. The Morgan fingerprint density at radius 1 is 0.906 bits per heavy atom. The third-order valence-corrected chi connectivity index (χ3v) is 6.33. The van der Waals surface area contributed by atoms with Crippen LogP contribution in [-0.4, -0.2) is 29.5 Å². The van der Waals surface area contributed by atoms with Crippen LogP contribution < -0.4 is 10.1 Å². The van der Waals surface area contributed by atoms with Gasteiger partial charge < -0.3 is 19.8 Å². The number of hydrogen-bond donors (Lipinski definition) is 3. The van der Waals surface area contributed by atoms with Gasteiger partial charge in [0.15, 0.2) is 0 Å². The highest BCUT2D eigenvalue weighted by Gasteiger charge is 2.13. The predicted molar refractivity (Wildman–Crippen MR) is 129 cm³/mol. The minimum Gasteiger partial charge on any atom is -0.493 e. The molecule has 6 nitrogen and oxygen atoms in total. The molecule has 172 valence electrons. The summed E-state index contributed by atoms with van der Waals surface area (Å²) in [5, 5.41) is 5.19. The predicted octanol–water partition coefficient (Wildman–Crippen LogP) is 5.41. The number of benzene rings is 2. The fourth-order valence-corrected chi connectivity index (χ4v) is 4.42. The van der Waals surface area contributed by atoms with Gasteiger partial charge in [0.1, 0.15) is 5.75 Å². The molecule has 32 heavy (non-hydrogen) atoms. The van der Waals surface area contributed by atoms with E-state index in [0.717, 1.165) is 47.4 Å². The van der Waals surface area contributed by atoms with Crippen molar-refractivity contribution in [1.29, 1.82) is 0 Å². The van der Waals surface area contributed by atoms with E-state index in [0.29, 0.717) is 19.7 Å². The van der Waals surface area contributed by atoms with E-state index in [9.17, 15) is 4.57 Å². The second-order valence-corrected chi connectivity index (χ2v) is 9.64. The minimum atomic E-state index is -4.41. The van der Waals surface area contributed by atoms with Crippen LogP contribution in [0.15, 0.2) is 66.0 Å². The van der Waals surface area contributed by atoms with E-state index in [-0.39, 0.29) is 6.61 Å². The maximum absolute atomic E-state index is 10.7. The monoisotopic (exact) mass is 475 g/mol. The first kappa shape index (κ1) is 24.6. The fraction of sp³-hybridized carbons (Fsp3) is 0.333. The standard InChI is InChI=1S/C24H30NO5PS/c26-31(27,28)30-16-14-25-19-21-12-13-23(22(18-21)24-11-7-17-32-24)29-15-6-2-5-10-20-8-3-1-4-9-20/h1,3-4,7-9,11-13,17-18,25H,2,5-6,10,14-16,19H2,(H2,26,27,28). The van der Waals surface area contributed by atoms with Crippen molar-refractivity contribution < 1.29 is 23.6 Å². The van der Waals surface area contributed by atoms with Crippen LogP contribution in [-0.2, 0) is 22.1 Å². The summed E-state index contributed by atoms with van der Waals surface area (Å²) in [6.45, 7) is 1.56. The van der Waals surface area contributed by atoms with Gasteiger partial charge in [0.25, 0.3) is 0 Å². The van der Waals surface area contributed by atoms with Crippen LogP contribution in [0, 0.1) is 0 Å². The normalized spacial score (nSPS) is 11.6. The van der Waals surface area contributed by atoms with Gasteiger partial charge in [0.2, 0.25) is 0 Å². The molecule has 3 rings (SSSR count). The van der Waals surface area contributed by atoms with Crippen LogP contribution in [0.4, 0.5) is 0 Å². The van der Waals surface area contributed by atoms with E-state index in [4.69, 9.17) is 14.5 Å². The maximum atomic E-state index is 10.7. The van der Waals surface area contributed by atoms with Gasteiger partial charge in [-0.15, -0.1) is 11.3 Å². The van der Waals surface area contributed by atoms with Gasteiger partial charge in [-0.3, -0.25) is 4.52 Å². The largest absolute Gasteiger partial charge is 0.493 e. The number of unbranched alkanes of at least 4 members (excludes halogenated alkanes) is 2. The van der Waals surface area contributed by atoms with Crippen molar-refractivity contribution in [2.45, 2.75) is 32.2 Å². The summed E-state index contributed by atoms with van der Waals surface area (Å²) in [5.74, 6) is 0.879. The number of thiophene rings is 1. The van der Waals surface area contributed by atoms with Crippen LogP contribution in [0.1, 0.15) is 30.4 Å². The molecule has 0 unspecified atom stereocenters. The molecule has 0 aliphatic heterocycles. The Morgan fingerprint density at radius 3 is 2.50 bits per heavy atom. The number of phosphoric acid groups is 1. The smallest absolute Gasteiger partial charge is 0.469 e. The summed E-state index contributed by atoms with van der Waals surface area (Å²) >= 11 is 1.67. The lowest BCUT2D eigenvalue weighted by Crippen LogP contribution is -2.18. The van der Waals surface area contributed by atoms with Crippen LogP contribution in [0.25, 0.3) is 10.4 Å². The van der Waals surface area contributed by atoms with E-state index >= 15 is 0 Å². The van der Waals surface area contributed by atoms with Gasteiger partial charge in [0, 0.05) is 23.5 Å². The average Bonchev–Trinajstić information content (AvgIpc) is 3.31. The maximum Gasteiger partial charge on any atom is 0.469 e. The van der Waals surface area contributed by atoms with Gasteiger partial charge >= 0.3 is 7.82 Å². The molecule has 0 fully saturated rings. The van der Waals surface area contributed by atoms with Gasteiger partial charge in [0.05, 0.1) is 13.2 Å². The van der Waals surface area contributed by atoms with Crippen molar-refractivity contribution >= 4 is 19.2 Å². The SMILES string of the molecule is O=P(O)(O)OCCNCc1ccc(OCCCCCc2ccccc2)c(-c2cccs2)c1. The fourth-order valence-electron chi connectivity index (χ4n) is 3.34. The van der Waals surface area contributed by atoms with Crippen molar-refractivity contribution in [3.8, 4) is 16.2 Å². The Hall–Kier alpha value is -1.99. The number of nitrogens with one attached hydrogen (secondary N) is 1. The second kappa shape index (κ2) is 12.9. The number of aryl methyl sites for hydroxylation is 1. The topological polar surface area (TPSA) is 88.0 Å². The lowest BCUT2D eigenvalue weighted by Gasteiger charge is -2.13. The minimum absolute atomic E-state index is 0.0481. The van der Waals surface area contributed by atoms with E-state index in [1.54, 1.807) is 11.3 Å². The van der Waals surface area contributed by atoms with E-state index in [1.165, 1.54) is 5.56 Å². The molecule has 3 N–H and O–H groups in total. The molecule has 0 bridgehead atoms. The Kier molecular flexibility index (Phi) is 9.93. The van der Waals surface area contributed by atoms with Crippen LogP contribution in [0.2, 0.25) is 0 Å². The molecule has 0 spiro atoms. The summed E-state index contributed by atoms with van der Waals surface area (Å²) in [7, 11) is -4.41. The molecule has 0 aliphatic rings. The van der Waals surface area contributed by atoms with Gasteiger partial charge in [-0.2, -0.15) is 0 Å². The molecule has 2 aromatic carbocycles. The number of hydrogen-bond acceptors (Lipinski definition) is 5. The first-order valence-electron chi connectivity index (χ1n) is 10.8. The lowest BCUT2D eigenvalue weighted by atomic mass is 10.1. The van der Waals surface area contributed by atoms with E-state index < -0.39 is 7.82 Å². The number of phosphoric ester groups is 1. The highest BCUT2D eigenvalue weighted by atomic mass is 32.1. The molecule has 0 aliphatic carbocycles. The second-order valence-electron chi connectivity index (χ2n) is 7.45. The molecule has 3 aromatic rings. The van der Waals surface area contributed by atoms with E-state index in [1.807, 2.05) is 29.6 Å². The molecule has 0 saturated heterocycles. The van der Waals surface area contributed by atoms with Crippen LogP contribution in [0.3, 0.4) is 0 Å². The Labute approximate surface area is 193 Å². The first-order chi connectivity index (χ1) is 15.5. The molecule has 0 atom stereocenters. The summed E-state index contributed by atoms with van der Waals surface area (Å²) in [5.41, 5.74) is 3.51. The molecule has 1 aromatic heterocycles. The summed E-state index contributed by atoms with van der Waals surface area (Å²) < 4.78 is 21.3. The average molecular weight is 476 g/mol. The molecule has 0 radical (unpaired) electrons. The Bertz CT molecular complexity index is 975. The molecule has 0 amide bonds. The van der Waals surface area contributed by atoms with Crippen molar-refractivity contribution in [2.24, 2.45) is 0 Å². The molecular formula is C24H30NO5PS. The Balaban J connectivity index is 1.47. The summed E-state index contributed by atoms with van der Waals surface area (Å²) in [4.78, 5) is 18.6. The number of ether oxygens (including phenoxy) is 1. The van der Waals surface area contributed by atoms with Crippen LogP contribution in [0.5, 0.6) is 5.75 Å². The zero-order chi connectivity index (χ0) is 22.7. The van der Waals surface area contributed by atoms with E-state index in [2.05, 4.69) is 46.2 Å². The molecule has 0 saturated carbocycles. The molecule has 8 heteroatoms. The van der Waals surface area contributed by atoms with Crippen molar-refractivity contribution in [1.82, 2.24) is 5.32 Å². The van der Waals surface area contributed by atoms with Gasteiger partial charge in [-0.05, 0) is 60.4 Å². The number of rotatable bonds is 14. The van der Waals surface area contributed by atoms with Crippen molar-refractivity contribution in [3.63, 3.8) is 0 Å². The Morgan fingerprint density at radius 2 is 1.75 bits per heavy atom.